The summed E-state index contributed by atoms with van der Waals surface area (Å²) in [5.41, 5.74) is 0. The molecule has 0 amide bonds. The van der Waals surface area contributed by atoms with E-state index in [9.17, 15) is 4.79 Å². The lowest BCUT2D eigenvalue weighted by molar-refractivity contribution is 0.518. The van der Waals surface area contributed by atoms with Crippen molar-refractivity contribution in [1.29, 1.82) is 0 Å². The molecule has 1 atom stereocenters. The number of nitrogens with one attached hydrogen (secondary N) is 1. The molecule has 1 fully saturated rings. The van der Waals surface area contributed by atoms with Crippen molar-refractivity contribution in [2.45, 2.75) is 12.5 Å². The van der Waals surface area contributed by atoms with Gasteiger partial charge in [-0.3, -0.25) is 4.79 Å². The molecule has 0 aromatic rings. The maximum absolute atomic E-state index is 10.1. The fourth-order valence-electron chi connectivity index (χ4n) is 0.811. The van der Waals surface area contributed by atoms with Crippen molar-refractivity contribution in [2.24, 2.45) is 0 Å². The molecule has 51 valence electrons. The van der Waals surface area contributed by atoms with Crippen LogP contribution in [0.5, 0.6) is 0 Å². The van der Waals surface area contributed by atoms with E-state index in [-0.39, 0.29) is 6.04 Å². The molecular formula is C6H10NOS. The van der Waals surface area contributed by atoms with E-state index in [1.165, 1.54) is 0 Å². The molecule has 1 aliphatic rings. The summed E-state index contributed by atoms with van der Waals surface area (Å²) in [4.78, 5) is 10.1. The maximum Gasteiger partial charge on any atom is 0.216 e. The largest absolute Gasteiger partial charge is 0.306 e. The molecule has 1 saturated heterocycles. The third kappa shape index (κ3) is 2.37. The molecule has 0 aliphatic carbocycles. The summed E-state index contributed by atoms with van der Waals surface area (Å²) in [6.45, 7) is 0.949. The molecule has 0 aromatic heterocycles. The van der Waals surface area contributed by atoms with Crippen molar-refractivity contribution >= 4 is 18.0 Å². The predicted molar refractivity (Wildman–Crippen MR) is 39.4 cm³/mol. The smallest absolute Gasteiger partial charge is 0.216 e. The van der Waals surface area contributed by atoms with Crippen LogP contribution in [-0.4, -0.2) is 30.4 Å². The summed E-state index contributed by atoms with van der Waals surface area (Å²) in [5, 5.41) is 3.09. The van der Waals surface area contributed by atoms with E-state index in [0.717, 1.165) is 24.5 Å². The highest BCUT2D eigenvalue weighted by atomic mass is 32.2. The minimum atomic E-state index is -0.000000000000000222. The molecule has 1 rings (SSSR count). The van der Waals surface area contributed by atoms with Gasteiger partial charge in [-0.2, -0.15) is 11.8 Å². The van der Waals surface area contributed by atoms with Gasteiger partial charge in [-0.1, -0.05) is 0 Å². The minimum absolute atomic E-state index is 0.000000000000000222. The summed E-state index contributed by atoms with van der Waals surface area (Å²) in [6.07, 6.45) is 2.91. The molecule has 2 nitrogen and oxygen atoms in total. The summed E-state index contributed by atoms with van der Waals surface area (Å²) < 4.78 is 0. The van der Waals surface area contributed by atoms with Crippen molar-refractivity contribution in [1.82, 2.24) is 5.32 Å². The van der Waals surface area contributed by atoms with E-state index in [0.29, 0.717) is 0 Å². The number of rotatable bonds is 1. The average molecular weight is 144 g/mol. The van der Waals surface area contributed by atoms with Crippen molar-refractivity contribution in [2.75, 3.05) is 18.1 Å². The van der Waals surface area contributed by atoms with Crippen molar-refractivity contribution < 1.29 is 4.79 Å². The number of hydrogen-bond acceptors (Lipinski definition) is 3. The molecule has 1 heterocycles. The Hall–Kier alpha value is -0.0200. The molecule has 1 N–H and O–H groups in total. The van der Waals surface area contributed by atoms with Crippen LogP contribution in [-0.2, 0) is 4.79 Å². The van der Waals surface area contributed by atoms with E-state index in [1.54, 1.807) is 0 Å². The minimum Gasteiger partial charge on any atom is -0.306 e. The van der Waals surface area contributed by atoms with Crippen LogP contribution in [0.1, 0.15) is 6.42 Å². The highest BCUT2D eigenvalue weighted by Gasteiger charge is 2.09. The third-order valence-corrected chi connectivity index (χ3v) is 2.35. The zero-order chi connectivity index (χ0) is 6.53. The van der Waals surface area contributed by atoms with Gasteiger partial charge in [0.1, 0.15) is 0 Å². The second-order valence-electron chi connectivity index (χ2n) is 2.03. The Morgan fingerprint density at radius 3 is 3.22 bits per heavy atom. The topological polar surface area (TPSA) is 29.1 Å². The maximum atomic E-state index is 10.1. The summed E-state index contributed by atoms with van der Waals surface area (Å²) in [5.74, 6) is 2.21. The molecule has 0 spiro atoms. The first kappa shape index (κ1) is 7.09. The van der Waals surface area contributed by atoms with Gasteiger partial charge < -0.3 is 5.32 Å². The average Bonchev–Trinajstić information content (AvgIpc) is 2.13. The van der Waals surface area contributed by atoms with Gasteiger partial charge in [0.05, 0.1) is 6.04 Å². The van der Waals surface area contributed by atoms with Crippen LogP contribution in [0.3, 0.4) is 0 Å². The Morgan fingerprint density at radius 1 is 1.56 bits per heavy atom. The first-order chi connectivity index (χ1) is 4.43. The molecule has 1 unspecified atom stereocenters. The van der Waals surface area contributed by atoms with Crippen LogP contribution in [0.15, 0.2) is 0 Å². The van der Waals surface area contributed by atoms with E-state index in [2.05, 4.69) is 5.32 Å². The number of thioether (sulfide) groups is 1. The van der Waals surface area contributed by atoms with E-state index < -0.39 is 0 Å². The summed E-state index contributed by atoms with van der Waals surface area (Å²) in [7, 11) is 0. The summed E-state index contributed by atoms with van der Waals surface area (Å²) >= 11 is 1.89. The SMILES string of the molecule is O=[C]C1CCSCCN1. The molecule has 1 radical (unpaired) electrons. The quantitative estimate of drug-likeness (QED) is 0.569. The standard InChI is InChI=1S/C6H10NOS/c8-5-6-1-3-9-4-2-7-6/h6-7H,1-4H2. The van der Waals surface area contributed by atoms with Gasteiger partial charge in [0, 0.05) is 12.3 Å². The van der Waals surface area contributed by atoms with Crippen LogP contribution in [0, 0.1) is 0 Å². The fraction of sp³-hybridized carbons (Fsp3) is 0.833. The number of carbonyl (C=O) groups excluding carboxylic acids is 1. The zero-order valence-corrected chi connectivity index (χ0v) is 6.04. The van der Waals surface area contributed by atoms with Crippen LogP contribution in [0.2, 0.25) is 0 Å². The van der Waals surface area contributed by atoms with Gasteiger partial charge in [0.2, 0.25) is 6.29 Å². The Balaban J connectivity index is 2.26. The van der Waals surface area contributed by atoms with Gasteiger partial charge >= 0.3 is 0 Å². The van der Waals surface area contributed by atoms with Gasteiger partial charge in [-0.15, -0.1) is 0 Å². The lowest BCUT2D eigenvalue weighted by Crippen LogP contribution is -2.30. The van der Waals surface area contributed by atoms with E-state index in [1.807, 2.05) is 18.0 Å². The highest BCUT2D eigenvalue weighted by molar-refractivity contribution is 7.99. The Labute approximate surface area is 59.4 Å². The van der Waals surface area contributed by atoms with Gasteiger partial charge in [0.15, 0.2) is 0 Å². The molecule has 9 heavy (non-hydrogen) atoms. The Kier molecular flexibility index (Phi) is 3.08. The van der Waals surface area contributed by atoms with Crippen molar-refractivity contribution in [3.63, 3.8) is 0 Å². The van der Waals surface area contributed by atoms with E-state index in [4.69, 9.17) is 0 Å². The van der Waals surface area contributed by atoms with Crippen LogP contribution >= 0.6 is 11.8 Å². The van der Waals surface area contributed by atoms with Crippen molar-refractivity contribution in [3.8, 4) is 0 Å². The van der Waals surface area contributed by atoms with E-state index >= 15 is 0 Å². The van der Waals surface area contributed by atoms with Gasteiger partial charge in [-0.05, 0) is 12.2 Å². The second-order valence-corrected chi connectivity index (χ2v) is 3.25. The van der Waals surface area contributed by atoms with Crippen LogP contribution in [0.25, 0.3) is 0 Å². The molecule has 3 heteroatoms. The summed E-state index contributed by atoms with van der Waals surface area (Å²) in [6, 6.07) is -0.000000000000000222. The highest BCUT2D eigenvalue weighted by Crippen LogP contribution is 2.06. The monoisotopic (exact) mass is 144 g/mol. The van der Waals surface area contributed by atoms with Gasteiger partial charge in [0.25, 0.3) is 0 Å². The predicted octanol–water partition coefficient (Wildman–Crippen LogP) is 0.191. The molecule has 0 aromatic carbocycles. The third-order valence-electron chi connectivity index (χ3n) is 1.33. The fourth-order valence-corrected chi connectivity index (χ4v) is 1.68. The van der Waals surface area contributed by atoms with Crippen molar-refractivity contribution in [3.05, 3.63) is 0 Å². The first-order valence-corrected chi connectivity index (χ1v) is 4.28. The second kappa shape index (κ2) is 3.90. The lowest BCUT2D eigenvalue weighted by Gasteiger charge is -2.03. The Morgan fingerprint density at radius 2 is 2.44 bits per heavy atom. The van der Waals surface area contributed by atoms with Gasteiger partial charge in [-0.25, -0.2) is 0 Å². The molecule has 0 saturated carbocycles. The lowest BCUT2D eigenvalue weighted by atomic mass is 10.2. The van der Waals surface area contributed by atoms with Crippen LogP contribution < -0.4 is 5.32 Å². The molecule has 0 bridgehead atoms. The normalized spacial score (nSPS) is 29.1. The van der Waals surface area contributed by atoms with Crippen LogP contribution in [0.4, 0.5) is 0 Å². The number of hydrogen-bond donors (Lipinski definition) is 1. The zero-order valence-electron chi connectivity index (χ0n) is 5.22. The molecular weight excluding hydrogens is 134 g/mol. The molecule has 1 aliphatic heterocycles. The first-order valence-electron chi connectivity index (χ1n) is 3.12. The Bertz CT molecular complexity index is 89.1.